The maximum Gasteiger partial charge on any atom is 0.166 e. The van der Waals surface area contributed by atoms with Crippen LogP contribution in [0.5, 0.6) is 0 Å². The molecule has 0 amide bonds. The van der Waals surface area contributed by atoms with E-state index in [0.717, 1.165) is 38.0 Å². The number of likely N-dealkylation sites (tertiary alicyclic amines) is 1. The van der Waals surface area contributed by atoms with Crippen LogP contribution in [0.4, 0.5) is 0 Å². The number of piperidine rings is 1. The van der Waals surface area contributed by atoms with Crippen LogP contribution in [-0.4, -0.2) is 55.2 Å². The molecule has 2 rings (SSSR count). The molecule has 0 aromatic heterocycles. The number of benzene rings is 1. The van der Waals surface area contributed by atoms with Gasteiger partial charge in [-0.3, -0.25) is 4.79 Å². The highest BCUT2D eigenvalue weighted by Crippen LogP contribution is 2.21. The van der Waals surface area contributed by atoms with E-state index in [-0.39, 0.29) is 18.3 Å². The van der Waals surface area contributed by atoms with Gasteiger partial charge < -0.3 is 14.7 Å². The number of ether oxygens (including phenoxy) is 1. The van der Waals surface area contributed by atoms with E-state index in [1.807, 2.05) is 30.3 Å². The van der Waals surface area contributed by atoms with E-state index in [4.69, 9.17) is 9.84 Å². The van der Waals surface area contributed by atoms with Crippen molar-refractivity contribution in [2.24, 2.45) is 5.92 Å². The van der Waals surface area contributed by atoms with E-state index in [0.29, 0.717) is 13.2 Å². The third-order valence-corrected chi connectivity index (χ3v) is 3.80. The molecule has 4 heteroatoms. The van der Waals surface area contributed by atoms with Crippen LogP contribution >= 0.6 is 0 Å². The van der Waals surface area contributed by atoms with Crippen LogP contribution in [0.15, 0.2) is 30.3 Å². The predicted molar refractivity (Wildman–Crippen MR) is 77.8 cm³/mol. The molecule has 1 aromatic rings. The summed E-state index contributed by atoms with van der Waals surface area (Å²) in [6.45, 7) is 3.91. The van der Waals surface area contributed by atoms with Crippen LogP contribution in [0, 0.1) is 5.92 Å². The second-order valence-electron chi connectivity index (χ2n) is 5.18. The molecule has 110 valence electrons. The van der Waals surface area contributed by atoms with Gasteiger partial charge in [0, 0.05) is 18.0 Å². The first kappa shape index (κ1) is 15.2. The number of carbonyl (C=O) groups is 1. The summed E-state index contributed by atoms with van der Waals surface area (Å²) in [5.74, 6) is 0.439. The maximum atomic E-state index is 12.3. The molecule has 1 aliphatic rings. The minimum atomic E-state index is 0.0770. The Labute approximate surface area is 120 Å². The number of hydrogen-bond acceptors (Lipinski definition) is 4. The minimum absolute atomic E-state index is 0.0770. The molecular weight excluding hydrogens is 254 g/mol. The monoisotopic (exact) mass is 277 g/mol. The Bertz CT molecular complexity index is 399. The molecule has 4 nitrogen and oxygen atoms in total. The van der Waals surface area contributed by atoms with E-state index in [9.17, 15) is 4.79 Å². The van der Waals surface area contributed by atoms with Gasteiger partial charge in [0.25, 0.3) is 0 Å². The van der Waals surface area contributed by atoms with Gasteiger partial charge in [0.05, 0.1) is 19.8 Å². The van der Waals surface area contributed by atoms with Gasteiger partial charge in [-0.05, 0) is 25.9 Å². The third kappa shape index (κ3) is 4.40. The second-order valence-corrected chi connectivity index (χ2v) is 5.18. The topological polar surface area (TPSA) is 49.8 Å². The zero-order valence-electron chi connectivity index (χ0n) is 11.8. The fourth-order valence-corrected chi connectivity index (χ4v) is 2.62. The first-order valence-corrected chi connectivity index (χ1v) is 7.31. The highest BCUT2D eigenvalue weighted by Gasteiger charge is 2.25. The number of rotatable bonds is 7. The molecule has 0 spiro atoms. The largest absolute Gasteiger partial charge is 0.394 e. The molecule has 0 atom stereocenters. The van der Waals surface area contributed by atoms with Crippen LogP contribution in [0.3, 0.4) is 0 Å². The van der Waals surface area contributed by atoms with Crippen molar-refractivity contribution in [1.82, 2.24) is 4.90 Å². The van der Waals surface area contributed by atoms with Gasteiger partial charge in [-0.2, -0.15) is 0 Å². The summed E-state index contributed by atoms with van der Waals surface area (Å²) in [6, 6.07) is 9.57. The lowest BCUT2D eigenvalue weighted by Crippen LogP contribution is -2.38. The first-order valence-electron chi connectivity index (χ1n) is 7.31. The first-order chi connectivity index (χ1) is 9.81. The van der Waals surface area contributed by atoms with Crippen molar-refractivity contribution < 1.29 is 14.6 Å². The number of ketones is 1. The standard InChI is InChI=1S/C16H23NO3/c18-11-13-20-12-10-17-8-6-15(7-9-17)16(19)14-4-2-1-3-5-14/h1-5,15,18H,6-13H2. The predicted octanol–water partition coefficient (Wildman–Crippen LogP) is 1.59. The second kappa shape index (κ2) is 8.15. The third-order valence-electron chi connectivity index (χ3n) is 3.80. The van der Waals surface area contributed by atoms with Gasteiger partial charge >= 0.3 is 0 Å². The Balaban J connectivity index is 1.73. The molecule has 1 heterocycles. The molecule has 1 saturated heterocycles. The van der Waals surface area contributed by atoms with Gasteiger partial charge in [0.2, 0.25) is 0 Å². The summed E-state index contributed by atoms with van der Waals surface area (Å²) in [7, 11) is 0. The molecule has 20 heavy (non-hydrogen) atoms. The molecule has 1 aliphatic heterocycles. The SMILES string of the molecule is O=C(c1ccccc1)C1CCN(CCOCCO)CC1. The average Bonchev–Trinajstić information content (AvgIpc) is 2.52. The number of carbonyl (C=O) groups excluding carboxylic acids is 1. The molecule has 1 N–H and O–H groups in total. The average molecular weight is 277 g/mol. The van der Waals surface area contributed by atoms with Gasteiger partial charge in [-0.25, -0.2) is 0 Å². The van der Waals surface area contributed by atoms with Crippen molar-refractivity contribution >= 4 is 5.78 Å². The van der Waals surface area contributed by atoms with E-state index in [2.05, 4.69) is 4.90 Å². The fourth-order valence-electron chi connectivity index (χ4n) is 2.62. The Hall–Kier alpha value is -1.23. The van der Waals surface area contributed by atoms with Crippen molar-refractivity contribution in [3.63, 3.8) is 0 Å². The van der Waals surface area contributed by atoms with Crippen molar-refractivity contribution in [2.75, 3.05) is 39.5 Å². The molecule has 1 fully saturated rings. The lowest BCUT2D eigenvalue weighted by Gasteiger charge is -2.31. The molecule has 0 aliphatic carbocycles. The normalized spacial score (nSPS) is 17.2. The molecule has 0 radical (unpaired) electrons. The summed E-state index contributed by atoms with van der Waals surface area (Å²) in [5.41, 5.74) is 0.831. The summed E-state index contributed by atoms with van der Waals surface area (Å²) in [6.07, 6.45) is 1.85. The van der Waals surface area contributed by atoms with Crippen LogP contribution < -0.4 is 0 Å². The Morgan fingerprint density at radius 3 is 2.55 bits per heavy atom. The van der Waals surface area contributed by atoms with Crippen LogP contribution in [0.1, 0.15) is 23.2 Å². The summed E-state index contributed by atoms with van der Waals surface area (Å²) in [5, 5.41) is 8.63. The van der Waals surface area contributed by atoms with E-state index >= 15 is 0 Å². The van der Waals surface area contributed by atoms with Crippen LogP contribution in [0.25, 0.3) is 0 Å². The van der Waals surface area contributed by atoms with Gasteiger partial charge in [0.15, 0.2) is 5.78 Å². The molecule has 0 bridgehead atoms. The van der Waals surface area contributed by atoms with Crippen LogP contribution in [0.2, 0.25) is 0 Å². The zero-order valence-corrected chi connectivity index (χ0v) is 11.8. The molecule has 0 saturated carbocycles. The number of nitrogens with zero attached hydrogens (tertiary/aromatic N) is 1. The molecule has 0 unspecified atom stereocenters. The zero-order chi connectivity index (χ0) is 14.2. The Morgan fingerprint density at radius 2 is 1.90 bits per heavy atom. The van der Waals surface area contributed by atoms with Gasteiger partial charge in [-0.1, -0.05) is 30.3 Å². The number of Topliss-reactive ketones (excluding diaryl/α,β-unsaturated/α-hetero) is 1. The Kier molecular flexibility index (Phi) is 6.18. The quantitative estimate of drug-likeness (QED) is 0.607. The van der Waals surface area contributed by atoms with Crippen molar-refractivity contribution in [2.45, 2.75) is 12.8 Å². The van der Waals surface area contributed by atoms with E-state index < -0.39 is 0 Å². The van der Waals surface area contributed by atoms with Gasteiger partial charge in [0.1, 0.15) is 0 Å². The van der Waals surface area contributed by atoms with Crippen molar-refractivity contribution in [1.29, 1.82) is 0 Å². The molecular formula is C16H23NO3. The Morgan fingerprint density at radius 1 is 1.20 bits per heavy atom. The molecule has 1 aromatic carbocycles. The van der Waals surface area contributed by atoms with E-state index in [1.54, 1.807) is 0 Å². The summed E-state index contributed by atoms with van der Waals surface area (Å²) >= 11 is 0. The van der Waals surface area contributed by atoms with Gasteiger partial charge in [-0.15, -0.1) is 0 Å². The lowest BCUT2D eigenvalue weighted by molar-refractivity contribution is 0.0612. The minimum Gasteiger partial charge on any atom is -0.394 e. The fraction of sp³-hybridized carbons (Fsp3) is 0.562. The van der Waals surface area contributed by atoms with Crippen molar-refractivity contribution in [3.8, 4) is 0 Å². The maximum absolute atomic E-state index is 12.3. The lowest BCUT2D eigenvalue weighted by atomic mass is 9.89. The van der Waals surface area contributed by atoms with Crippen LogP contribution in [-0.2, 0) is 4.74 Å². The highest BCUT2D eigenvalue weighted by atomic mass is 16.5. The number of aliphatic hydroxyl groups excluding tert-OH is 1. The summed E-state index contributed by atoms with van der Waals surface area (Å²) < 4.78 is 5.27. The number of aliphatic hydroxyl groups is 1. The van der Waals surface area contributed by atoms with Crippen molar-refractivity contribution in [3.05, 3.63) is 35.9 Å². The smallest absolute Gasteiger partial charge is 0.166 e. The summed E-state index contributed by atoms with van der Waals surface area (Å²) in [4.78, 5) is 14.7. The van der Waals surface area contributed by atoms with E-state index in [1.165, 1.54) is 0 Å². The highest BCUT2D eigenvalue weighted by molar-refractivity contribution is 5.97. The number of hydrogen-bond donors (Lipinski definition) is 1.